The van der Waals surface area contributed by atoms with E-state index in [1.807, 2.05) is 12.3 Å². The fraction of sp³-hybridized carbons (Fsp3) is 0.700. The third-order valence-electron chi connectivity index (χ3n) is 6.33. The van der Waals surface area contributed by atoms with Crippen LogP contribution in [0.4, 0.5) is 4.79 Å². The van der Waals surface area contributed by atoms with Gasteiger partial charge in [-0.2, -0.15) is 0 Å². The minimum absolute atomic E-state index is 0.0386. The van der Waals surface area contributed by atoms with Crippen LogP contribution < -0.4 is 21.5 Å². The molecule has 0 bridgehead atoms. The molecule has 2 saturated heterocycles. The van der Waals surface area contributed by atoms with Gasteiger partial charge >= 0.3 is 6.03 Å². The summed E-state index contributed by atoms with van der Waals surface area (Å²) in [6.07, 6.45) is 10.7. The fourth-order valence-corrected chi connectivity index (χ4v) is 4.82. The summed E-state index contributed by atoms with van der Waals surface area (Å²) in [5.74, 6) is 0.626. The van der Waals surface area contributed by atoms with Gasteiger partial charge in [0.2, 0.25) is 0 Å². The number of nitrogens with zero attached hydrogens (tertiary/aromatic N) is 2. The lowest BCUT2D eigenvalue weighted by molar-refractivity contribution is 0.159. The number of fused-ring (bicyclic) bond motifs is 1. The normalized spacial score (nSPS) is 29.7. The van der Waals surface area contributed by atoms with E-state index in [9.17, 15) is 4.79 Å². The molecule has 3 aliphatic rings. The van der Waals surface area contributed by atoms with Crippen molar-refractivity contribution >= 4 is 6.03 Å². The minimum Gasteiger partial charge on any atom is -0.336 e. The van der Waals surface area contributed by atoms with Gasteiger partial charge in [-0.1, -0.05) is 12.5 Å². The SMILES string of the molecule is O=C(NCC(c1cccnc1)N1CCCCC1)NC1CCC2NNCC2C1. The second kappa shape index (κ2) is 8.99. The molecule has 1 aromatic heterocycles. The van der Waals surface area contributed by atoms with Gasteiger partial charge < -0.3 is 10.6 Å². The highest BCUT2D eigenvalue weighted by molar-refractivity contribution is 5.74. The zero-order valence-corrected chi connectivity index (χ0v) is 16.0. The van der Waals surface area contributed by atoms with Crippen LogP contribution in [0.3, 0.4) is 0 Å². The van der Waals surface area contributed by atoms with Crippen LogP contribution in [0.5, 0.6) is 0 Å². The summed E-state index contributed by atoms with van der Waals surface area (Å²) in [4.78, 5) is 19.3. The van der Waals surface area contributed by atoms with Gasteiger partial charge in [-0.05, 0) is 62.7 Å². The number of aromatic nitrogens is 1. The molecular formula is C20H32N6O. The Morgan fingerprint density at radius 2 is 2.19 bits per heavy atom. The van der Waals surface area contributed by atoms with E-state index in [-0.39, 0.29) is 18.1 Å². The van der Waals surface area contributed by atoms with E-state index in [0.29, 0.717) is 18.5 Å². The van der Waals surface area contributed by atoms with E-state index in [4.69, 9.17) is 0 Å². The average molecular weight is 373 g/mol. The Balaban J connectivity index is 1.31. The standard InChI is InChI=1S/C20H32N6O/c27-20(24-17-6-7-18-16(11-17)13-23-25-18)22-14-19(15-5-4-8-21-12-15)26-9-2-1-3-10-26/h4-5,8,12,16-19,23,25H,1-3,6-7,9-11,13-14H2,(H2,22,24,27). The van der Waals surface area contributed by atoms with Gasteiger partial charge in [0.15, 0.2) is 0 Å². The van der Waals surface area contributed by atoms with E-state index >= 15 is 0 Å². The van der Waals surface area contributed by atoms with E-state index in [0.717, 1.165) is 38.9 Å². The lowest BCUT2D eigenvalue weighted by Gasteiger charge is -2.35. The lowest BCUT2D eigenvalue weighted by atomic mass is 9.83. The Morgan fingerprint density at radius 3 is 3.00 bits per heavy atom. The highest BCUT2D eigenvalue weighted by Gasteiger charge is 2.34. The lowest BCUT2D eigenvalue weighted by Crippen LogP contribution is -2.49. The Kier molecular flexibility index (Phi) is 6.21. The molecule has 2 amide bonds. The van der Waals surface area contributed by atoms with Gasteiger partial charge in [0, 0.05) is 37.6 Å². The van der Waals surface area contributed by atoms with Crippen molar-refractivity contribution in [2.75, 3.05) is 26.2 Å². The molecular weight excluding hydrogens is 340 g/mol. The Labute approximate surface area is 161 Å². The number of likely N-dealkylation sites (tertiary alicyclic amines) is 1. The van der Waals surface area contributed by atoms with Crippen molar-refractivity contribution in [3.63, 3.8) is 0 Å². The average Bonchev–Trinajstić information content (AvgIpc) is 3.18. The number of amides is 2. The molecule has 148 valence electrons. The molecule has 3 heterocycles. The van der Waals surface area contributed by atoms with Crippen LogP contribution in [0.1, 0.15) is 50.1 Å². The number of hydrazine groups is 1. The number of piperidine rings is 1. The highest BCUT2D eigenvalue weighted by atomic mass is 16.2. The molecule has 0 spiro atoms. The van der Waals surface area contributed by atoms with E-state index < -0.39 is 0 Å². The van der Waals surface area contributed by atoms with Gasteiger partial charge in [0.1, 0.15) is 0 Å². The summed E-state index contributed by atoms with van der Waals surface area (Å²) in [6.45, 7) is 3.81. The first-order valence-corrected chi connectivity index (χ1v) is 10.5. The molecule has 27 heavy (non-hydrogen) atoms. The maximum atomic E-state index is 12.5. The van der Waals surface area contributed by atoms with Crippen LogP contribution in [0, 0.1) is 5.92 Å². The van der Waals surface area contributed by atoms with Crippen molar-refractivity contribution in [2.45, 2.75) is 56.7 Å². The predicted octanol–water partition coefficient (Wildman–Crippen LogP) is 1.55. The number of hydrogen-bond donors (Lipinski definition) is 4. The van der Waals surface area contributed by atoms with Crippen molar-refractivity contribution < 1.29 is 4.79 Å². The molecule has 4 rings (SSSR count). The van der Waals surface area contributed by atoms with Gasteiger partial charge in [0.25, 0.3) is 0 Å². The van der Waals surface area contributed by atoms with Crippen LogP contribution in [0.25, 0.3) is 0 Å². The number of hydrogen-bond acceptors (Lipinski definition) is 5. The topological polar surface area (TPSA) is 81.3 Å². The smallest absolute Gasteiger partial charge is 0.315 e. The van der Waals surface area contributed by atoms with Crippen LogP contribution >= 0.6 is 0 Å². The molecule has 7 heteroatoms. The minimum atomic E-state index is -0.0386. The largest absolute Gasteiger partial charge is 0.336 e. The molecule has 1 aromatic rings. The third-order valence-corrected chi connectivity index (χ3v) is 6.33. The van der Waals surface area contributed by atoms with Crippen molar-refractivity contribution in [3.05, 3.63) is 30.1 Å². The summed E-state index contributed by atoms with van der Waals surface area (Å²) in [5.41, 5.74) is 7.76. The first kappa shape index (κ1) is 18.7. The second-order valence-electron chi connectivity index (χ2n) is 8.15. The number of nitrogens with one attached hydrogen (secondary N) is 4. The van der Waals surface area contributed by atoms with Crippen molar-refractivity contribution in [2.24, 2.45) is 5.92 Å². The molecule has 4 N–H and O–H groups in total. The summed E-state index contributed by atoms with van der Waals surface area (Å²) in [7, 11) is 0. The maximum absolute atomic E-state index is 12.5. The summed E-state index contributed by atoms with van der Waals surface area (Å²) >= 11 is 0. The quantitative estimate of drug-likeness (QED) is 0.631. The number of urea groups is 1. The first-order chi connectivity index (χ1) is 13.3. The third kappa shape index (κ3) is 4.78. The van der Waals surface area contributed by atoms with Gasteiger partial charge in [0.05, 0.1) is 6.04 Å². The summed E-state index contributed by atoms with van der Waals surface area (Å²) in [5, 5.41) is 6.34. The second-order valence-corrected chi connectivity index (χ2v) is 8.15. The number of carbonyl (C=O) groups is 1. The van der Waals surface area contributed by atoms with E-state index in [2.05, 4.69) is 37.4 Å². The Hall–Kier alpha value is -1.70. The summed E-state index contributed by atoms with van der Waals surface area (Å²) in [6, 6.07) is 5.11. The van der Waals surface area contributed by atoms with Crippen LogP contribution in [0.15, 0.2) is 24.5 Å². The highest BCUT2D eigenvalue weighted by Crippen LogP contribution is 2.27. The van der Waals surface area contributed by atoms with Crippen molar-refractivity contribution in [1.29, 1.82) is 0 Å². The molecule has 4 unspecified atom stereocenters. The van der Waals surface area contributed by atoms with Gasteiger partial charge in [-0.15, -0.1) is 0 Å². The molecule has 1 aliphatic carbocycles. The monoisotopic (exact) mass is 372 g/mol. The van der Waals surface area contributed by atoms with E-state index in [1.54, 1.807) is 6.20 Å². The molecule has 2 aliphatic heterocycles. The molecule has 4 atom stereocenters. The fourth-order valence-electron chi connectivity index (χ4n) is 4.82. The first-order valence-electron chi connectivity index (χ1n) is 10.5. The van der Waals surface area contributed by atoms with E-state index in [1.165, 1.54) is 24.8 Å². The summed E-state index contributed by atoms with van der Waals surface area (Å²) < 4.78 is 0. The molecule has 1 saturated carbocycles. The number of carbonyl (C=O) groups excluding carboxylic acids is 1. The molecule has 0 radical (unpaired) electrons. The predicted molar refractivity (Wildman–Crippen MR) is 105 cm³/mol. The van der Waals surface area contributed by atoms with Crippen LogP contribution in [0.2, 0.25) is 0 Å². The molecule has 7 nitrogen and oxygen atoms in total. The molecule has 0 aromatic carbocycles. The zero-order valence-electron chi connectivity index (χ0n) is 16.0. The van der Waals surface area contributed by atoms with Crippen molar-refractivity contribution in [1.82, 2.24) is 31.4 Å². The number of pyridine rings is 1. The molecule has 3 fully saturated rings. The maximum Gasteiger partial charge on any atom is 0.315 e. The van der Waals surface area contributed by atoms with Gasteiger partial charge in [-0.25, -0.2) is 4.79 Å². The Bertz CT molecular complexity index is 606. The van der Waals surface area contributed by atoms with Gasteiger partial charge in [-0.3, -0.25) is 20.7 Å². The Morgan fingerprint density at radius 1 is 1.30 bits per heavy atom. The zero-order chi connectivity index (χ0) is 18.5. The van der Waals surface area contributed by atoms with Crippen molar-refractivity contribution in [3.8, 4) is 0 Å². The number of rotatable bonds is 5. The van der Waals surface area contributed by atoms with Crippen LogP contribution in [-0.4, -0.2) is 54.2 Å². The van der Waals surface area contributed by atoms with Crippen LogP contribution in [-0.2, 0) is 0 Å².